The van der Waals surface area contributed by atoms with Crippen LogP contribution >= 0.6 is 0 Å². The van der Waals surface area contributed by atoms with Gasteiger partial charge in [0.25, 0.3) is 0 Å². The van der Waals surface area contributed by atoms with E-state index in [2.05, 4.69) is 98.2 Å². The van der Waals surface area contributed by atoms with Gasteiger partial charge >= 0.3 is 0 Å². The third-order valence-corrected chi connectivity index (χ3v) is 9.12. The highest BCUT2D eigenvalue weighted by Crippen LogP contribution is 2.35. The Hall–Kier alpha value is 0.844. The molecule has 11 heteroatoms. The van der Waals surface area contributed by atoms with Crippen LogP contribution in [0.2, 0.25) is 98.2 Å². The van der Waals surface area contributed by atoms with E-state index in [1.54, 1.807) is 0 Å². The van der Waals surface area contributed by atoms with Gasteiger partial charge in [-0.25, -0.2) is 0 Å². The Balaban J connectivity index is 3.50. The maximum absolute atomic E-state index is 6.85. The van der Waals surface area contributed by atoms with Gasteiger partial charge in [-0.05, 0) is 98.2 Å². The molecule has 0 spiro atoms. The summed E-state index contributed by atoms with van der Waals surface area (Å²) in [6, 6.07) is 0. The van der Waals surface area contributed by atoms with Gasteiger partial charge in [-0.3, -0.25) is 0 Å². The van der Waals surface area contributed by atoms with Crippen LogP contribution < -0.4 is 0 Å². The van der Waals surface area contributed by atoms with Gasteiger partial charge in [0.2, 0.25) is 0 Å². The van der Waals surface area contributed by atoms with Gasteiger partial charge in [0, 0.05) is 0 Å². The van der Waals surface area contributed by atoms with Crippen LogP contribution in [0.5, 0.6) is 0 Å². The van der Waals surface area contributed by atoms with E-state index in [4.69, 9.17) is 26.9 Å². The first kappa shape index (κ1) is 30.9. The summed E-state index contributed by atoms with van der Waals surface area (Å²) in [5.41, 5.74) is 0. The Kier molecular flexibility index (Phi) is 10.5. The van der Waals surface area contributed by atoms with E-state index < -0.39 is 47.9 Å². The second-order valence-electron chi connectivity index (χ2n) is 13.8. The molecule has 1 aliphatic heterocycles. The second-order valence-corrected chi connectivity index (χ2v) is 36.1. The number of hydrogen-bond donors (Lipinski definition) is 0. The van der Waals surface area contributed by atoms with E-state index in [-0.39, 0.29) is 24.4 Å². The van der Waals surface area contributed by atoms with E-state index in [0.717, 1.165) is 0 Å². The summed E-state index contributed by atoms with van der Waals surface area (Å²) in [4.78, 5) is 0. The third kappa shape index (κ3) is 12.5. The van der Waals surface area contributed by atoms with Crippen LogP contribution in [0.25, 0.3) is 0 Å². The summed E-state index contributed by atoms with van der Waals surface area (Å²) in [6.45, 7) is 33.6. The molecule has 1 rings (SSSR count). The fourth-order valence-corrected chi connectivity index (χ4v) is 8.21. The van der Waals surface area contributed by atoms with Crippen molar-refractivity contribution in [1.82, 2.24) is 0 Å². The molecule has 0 aromatic carbocycles. The van der Waals surface area contributed by atoms with Crippen LogP contribution in [0, 0.1) is 0 Å². The van der Waals surface area contributed by atoms with Crippen molar-refractivity contribution in [3.63, 3.8) is 0 Å². The molecule has 0 saturated carbocycles. The lowest BCUT2D eigenvalue weighted by Crippen LogP contribution is -2.67. The summed E-state index contributed by atoms with van der Waals surface area (Å²) in [7, 11) is -9.37. The van der Waals surface area contributed by atoms with E-state index in [9.17, 15) is 0 Å². The third-order valence-electron chi connectivity index (χ3n) is 4.21. The van der Waals surface area contributed by atoms with Gasteiger partial charge in [0.05, 0.1) is 6.61 Å². The van der Waals surface area contributed by atoms with Crippen molar-refractivity contribution in [1.29, 1.82) is 0 Å². The normalized spacial score (nSPS) is 28.8. The maximum Gasteiger partial charge on any atom is 0.187 e. The monoisotopic (exact) mass is 540 g/mol. The first-order chi connectivity index (χ1) is 14.0. The molecule has 0 N–H and O–H groups in total. The molecule has 0 radical (unpaired) electrons. The van der Waals surface area contributed by atoms with E-state index in [1.807, 2.05) is 0 Å². The highest BCUT2D eigenvalue weighted by atomic mass is 28.4. The average Bonchev–Trinajstić information content (AvgIpc) is 2.45. The topological polar surface area (TPSA) is 55.4 Å². The number of hydrogen-bond acceptors (Lipinski definition) is 6. The molecule has 0 unspecified atom stereocenters. The van der Waals surface area contributed by atoms with Gasteiger partial charge in [-0.15, -0.1) is 0 Å². The van der Waals surface area contributed by atoms with Crippen LogP contribution in [0.3, 0.4) is 0 Å². The second kappa shape index (κ2) is 10.8. The van der Waals surface area contributed by atoms with Crippen LogP contribution in [-0.4, -0.2) is 78.9 Å². The molecular weight excluding hydrogens is 489 g/mol. The lowest BCUT2D eigenvalue weighted by atomic mass is 9.99. The minimum absolute atomic E-state index is 0.243. The lowest BCUT2D eigenvalue weighted by molar-refractivity contribution is -0.268. The highest BCUT2D eigenvalue weighted by molar-refractivity contribution is 6.71. The van der Waals surface area contributed by atoms with Crippen molar-refractivity contribution >= 4 is 41.6 Å². The van der Waals surface area contributed by atoms with Crippen molar-refractivity contribution in [3.05, 3.63) is 0 Å². The van der Waals surface area contributed by atoms with Crippen LogP contribution in [-0.2, 0) is 26.9 Å². The van der Waals surface area contributed by atoms with Crippen molar-refractivity contribution < 1.29 is 26.9 Å². The molecule has 1 aliphatic rings. The Labute approximate surface area is 203 Å². The summed E-state index contributed by atoms with van der Waals surface area (Å²) in [5.74, 6) is 0. The Morgan fingerprint density at radius 3 is 1.22 bits per heavy atom. The molecule has 1 heterocycles. The van der Waals surface area contributed by atoms with E-state index in [0.29, 0.717) is 6.61 Å². The Morgan fingerprint density at radius 1 is 0.469 bits per heavy atom. The van der Waals surface area contributed by atoms with Gasteiger partial charge in [0.1, 0.15) is 24.4 Å². The van der Waals surface area contributed by atoms with Gasteiger partial charge < -0.3 is 26.9 Å². The largest absolute Gasteiger partial charge is 0.415 e. The number of rotatable bonds is 11. The molecule has 5 atom stereocenters. The summed E-state index contributed by atoms with van der Waals surface area (Å²) in [6.07, 6.45) is -1.54. The highest BCUT2D eigenvalue weighted by Gasteiger charge is 2.52. The predicted octanol–water partition coefficient (Wildman–Crippen LogP) is 6.07. The minimum Gasteiger partial charge on any atom is -0.415 e. The maximum atomic E-state index is 6.85. The molecule has 0 aromatic heterocycles. The van der Waals surface area contributed by atoms with Crippen molar-refractivity contribution in [3.8, 4) is 0 Å². The molecule has 0 amide bonds. The predicted molar refractivity (Wildman–Crippen MR) is 147 cm³/mol. The van der Waals surface area contributed by atoms with Crippen molar-refractivity contribution in [2.24, 2.45) is 0 Å². The van der Waals surface area contributed by atoms with Gasteiger partial charge in [-0.2, -0.15) is 0 Å². The Bertz CT molecular complexity index is 586. The zero-order chi connectivity index (χ0) is 25.3. The van der Waals surface area contributed by atoms with Crippen LogP contribution in [0.1, 0.15) is 0 Å². The quantitative estimate of drug-likeness (QED) is 0.296. The summed E-state index contributed by atoms with van der Waals surface area (Å²) < 4.78 is 39.9. The first-order valence-electron chi connectivity index (χ1n) is 12.0. The first-order valence-corrected chi connectivity index (χ1v) is 29.0. The Morgan fingerprint density at radius 2 is 0.844 bits per heavy atom. The fraction of sp³-hybridized carbons (Fsp3) is 1.00. The zero-order valence-corrected chi connectivity index (χ0v) is 28.5. The zero-order valence-electron chi connectivity index (χ0n) is 23.5. The van der Waals surface area contributed by atoms with E-state index in [1.165, 1.54) is 0 Å². The minimum atomic E-state index is -1.92. The lowest BCUT2D eigenvalue weighted by Gasteiger charge is -2.51. The molecule has 32 heavy (non-hydrogen) atoms. The number of ether oxygens (including phenoxy) is 1. The van der Waals surface area contributed by atoms with Crippen LogP contribution in [0.15, 0.2) is 0 Å². The molecular formula is C21H52O6Si5. The van der Waals surface area contributed by atoms with Gasteiger partial charge in [-0.1, -0.05) is 0 Å². The molecule has 1 saturated heterocycles. The standard InChI is InChI=1S/C21H52O6Si5/c1-28(2,3)22-16-17-18(24-29(4,5)6)19(25-30(7,8)9)20(26-31(10,11)12)21(23-17)27-32(13,14)15/h17-21H,16H2,1-15H3/t17-,18-,19-,20-,21+/m1/s1. The molecule has 192 valence electrons. The molecule has 0 aromatic rings. The summed E-state index contributed by atoms with van der Waals surface area (Å²) >= 11 is 0. The fourth-order valence-electron chi connectivity index (χ4n) is 3.41. The van der Waals surface area contributed by atoms with E-state index >= 15 is 0 Å². The summed E-state index contributed by atoms with van der Waals surface area (Å²) in [5, 5.41) is 0. The van der Waals surface area contributed by atoms with Gasteiger partial charge in [0.15, 0.2) is 47.9 Å². The molecule has 0 aliphatic carbocycles. The SMILES string of the molecule is C[Si](C)(C)OC[C@H]1O[C@@H](O[Si](C)(C)C)[C@H](O[Si](C)(C)C)[C@H](O[Si](C)(C)C)[C@@H]1O[Si](C)(C)C. The van der Waals surface area contributed by atoms with Crippen molar-refractivity contribution in [2.45, 2.75) is 129 Å². The molecule has 0 bridgehead atoms. The van der Waals surface area contributed by atoms with Crippen molar-refractivity contribution in [2.75, 3.05) is 6.61 Å². The molecule has 6 nitrogen and oxygen atoms in total. The smallest absolute Gasteiger partial charge is 0.187 e. The molecule has 1 fully saturated rings. The average molecular weight is 541 g/mol. The van der Waals surface area contributed by atoms with Crippen LogP contribution in [0.4, 0.5) is 0 Å².